The van der Waals surface area contributed by atoms with Gasteiger partial charge in [0.1, 0.15) is 0 Å². The predicted octanol–water partition coefficient (Wildman–Crippen LogP) is 1.58. The van der Waals surface area contributed by atoms with Gasteiger partial charge >= 0.3 is 0 Å². The summed E-state index contributed by atoms with van der Waals surface area (Å²) in [5.41, 5.74) is 0. The van der Waals surface area contributed by atoms with E-state index in [0.29, 0.717) is 25.4 Å². The molecule has 0 fully saturated rings. The summed E-state index contributed by atoms with van der Waals surface area (Å²) in [7, 11) is 0. The Morgan fingerprint density at radius 1 is 1.36 bits per heavy atom. The zero-order chi connectivity index (χ0) is 10.8. The van der Waals surface area contributed by atoms with Gasteiger partial charge in [-0.2, -0.15) is 12.6 Å². The fraction of sp³-hybridized carbons (Fsp3) is 0.900. The van der Waals surface area contributed by atoms with Gasteiger partial charge in [0.15, 0.2) is 0 Å². The van der Waals surface area contributed by atoms with Gasteiger partial charge in [0, 0.05) is 32.4 Å². The summed E-state index contributed by atoms with van der Waals surface area (Å²) >= 11 is 4.10. The molecule has 0 atom stereocenters. The molecule has 0 N–H and O–H groups in total. The first kappa shape index (κ1) is 13.8. The minimum absolute atomic E-state index is 0.0955. The zero-order valence-corrected chi connectivity index (χ0v) is 10.1. The van der Waals surface area contributed by atoms with Crippen LogP contribution in [-0.2, 0) is 9.53 Å². The summed E-state index contributed by atoms with van der Waals surface area (Å²) < 4.78 is 5.38. The zero-order valence-electron chi connectivity index (χ0n) is 9.16. The van der Waals surface area contributed by atoms with E-state index < -0.39 is 0 Å². The largest absolute Gasteiger partial charge is 0.380 e. The maximum atomic E-state index is 11.1. The Balaban J connectivity index is 3.46. The van der Waals surface area contributed by atoms with Crippen LogP contribution in [0.4, 0.5) is 0 Å². The third-order valence-electron chi connectivity index (χ3n) is 1.96. The van der Waals surface area contributed by atoms with Gasteiger partial charge in [-0.3, -0.25) is 4.79 Å². The summed E-state index contributed by atoms with van der Waals surface area (Å²) in [4.78, 5) is 12.9. The molecule has 0 radical (unpaired) electrons. The van der Waals surface area contributed by atoms with Crippen molar-refractivity contribution in [2.45, 2.75) is 26.7 Å². The summed E-state index contributed by atoms with van der Waals surface area (Å²) in [5.74, 6) is 0.798. The molecular formula is C10H21NO2S. The smallest absolute Gasteiger partial charge is 0.219 e. The standard InChI is InChI=1S/C10H21NO2S/c1-3-4-7-13-8-5-11(6-9-14)10(2)12/h14H,3-9H2,1-2H3. The lowest BCUT2D eigenvalue weighted by Crippen LogP contribution is -2.33. The van der Waals surface area contributed by atoms with E-state index in [1.807, 2.05) is 0 Å². The summed E-state index contributed by atoms with van der Waals surface area (Å²) in [6, 6.07) is 0. The number of ether oxygens (including phenoxy) is 1. The van der Waals surface area contributed by atoms with E-state index in [-0.39, 0.29) is 5.91 Å². The van der Waals surface area contributed by atoms with Crippen LogP contribution in [0.3, 0.4) is 0 Å². The molecule has 0 saturated carbocycles. The van der Waals surface area contributed by atoms with E-state index in [4.69, 9.17) is 4.74 Å². The minimum atomic E-state index is 0.0955. The molecule has 0 aliphatic rings. The molecule has 0 aliphatic heterocycles. The number of carbonyl (C=O) groups excluding carboxylic acids is 1. The fourth-order valence-electron chi connectivity index (χ4n) is 1.07. The van der Waals surface area contributed by atoms with E-state index in [0.717, 1.165) is 19.4 Å². The molecule has 0 heterocycles. The molecule has 84 valence electrons. The van der Waals surface area contributed by atoms with Gasteiger partial charge in [-0.1, -0.05) is 13.3 Å². The Morgan fingerprint density at radius 3 is 2.57 bits per heavy atom. The number of nitrogens with zero attached hydrogens (tertiary/aromatic N) is 1. The molecule has 14 heavy (non-hydrogen) atoms. The number of hydrogen-bond donors (Lipinski definition) is 1. The highest BCUT2D eigenvalue weighted by molar-refractivity contribution is 7.80. The van der Waals surface area contributed by atoms with Crippen molar-refractivity contribution in [3.05, 3.63) is 0 Å². The van der Waals surface area contributed by atoms with Crippen LogP contribution in [0, 0.1) is 0 Å². The molecule has 0 aromatic rings. The van der Waals surface area contributed by atoms with E-state index in [2.05, 4.69) is 19.6 Å². The molecule has 0 bridgehead atoms. The minimum Gasteiger partial charge on any atom is -0.380 e. The number of rotatable bonds is 8. The van der Waals surface area contributed by atoms with Crippen molar-refractivity contribution >= 4 is 18.5 Å². The van der Waals surface area contributed by atoms with Crippen LogP contribution in [0.1, 0.15) is 26.7 Å². The Kier molecular flexibility index (Phi) is 9.19. The maximum absolute atomic E-state index is 11.1. The van der Waals surface area contributed by atoms with E-state index >= 15 is 0 Å². The summed E-state index contributed by atoms with van der Waals surface area (Å²) in [6.07, 6.45) is 2.24. The number of thiol groups is 1. The highest BCUT2D eigenvalue weighted by atomic mass is 32.1. The molecule has 0 aromatic carbocycles. The first-order valence-electron chi connectivity index (χ1n) is 5.16. The number of unbranched alkanes of at least 4 members (excludes halogenated alkanes) is 1. The van der Waals surface area contributed by atoms with Crippen molar-refractivity contribution in [2.24, 2.45) is 0 Å². The Labute approximate surface area is 92.2 Å². The number of carbonyl (C=O) groups is 1. The van der Waals surface area contributed by atoms with Crippen molar-refractivity contribution in [1.82, 2.24) is 4.90 Å². The monoisotopic (exact) mass is 219 g/mol. The van der Waals surface area contributed by atoms with Crippen molar-refractivity contribution < 1.29 is 9.53 Å². The molecule has 4 heteroatoms. The van der Waals surface area contributed by atoms with Crippen molar-refractivity contribution in [1.29, 1.82) is 0 Å². The van der Waals surface area contributed by atoms with Gasteiger partial charge in [0.25, 0.3) is 0 Å². The van der Waals surface area contributed by atoms with Crippen LogP contribution in [-0.4, -0.2) is 42.9 Å². The first-order valence-corrected chi connectivity index (χ1v) is 5.79. The van der Waals surface area contributed by atoms with Crippen LogP contribution in [0.5, 0.6) is 0 Å². The molecule has 0 spiro atoms. The molecule has 0 aromatic heterocycles. The van der Waals surface area contributed by atoms with E-state index in [1.165, 1.54) is 0 Å². The van der Waals surface area contributed by atoms with Crippen LogP contribution < -0.4 is 0 Å². The first-order chi connectivity index (χ1) is 6.72. The molecular weight excluding hydrogens is 198 g/mol. The van der Waals surface area contributed by atoms with Crippen molar-refractivity contribution in [3.8, 4) is 0 Å². The van der Waals surface area contributed by atoms with E-state index in [1.54, 1.807) is 11.8 Å². The maximum Gasteiger partial charge on any atom is 0.219 e. The van der Waals surface area contributed by atoms with Gasteiger partial charge in [-0.15, -0.1) is 0 Å². The highest BCUT2D eigenvalue weighted by Crippen LogP contribution is 1.93. The van der Waals surface area contributed by atoms with Crippen LogP contribution in [0.25, 0.3) is 0 Å². The van der Waals surface area contributed by atoms with Gasteiger partial charge in [-0.25, -0.2) is 0 Å². The normalized spacial score (nSPS) is 10.2. The average Bonchev–Trinajstić information content (AvgIpc) is 2.15. The lowest BCUT2D eigenvalue weighted by molar-refractivity contribution is -0.129. The number of amides is 1. The fourth-order valence-corrected chi connectivity index (χ4v) is 1.31. The van der Waals surface area contributed by atoms with Gasteiger partial charge < -0.3 is 9.64 Å². The second-order valence-electron chi connectivity index (χ2n) is 3.20. The van der Waals surface area contributed by atoms with Crippen molar-refractivity contribution in [3.63, 3.8) is 0 Å². The Hall–Kier alpha value is -0.220. The average molecular weight is 219 g/mol. The van der Waals surface area contributed by atoms with Gasteiger partial charge in [-0.05, 0) is 6.42 Å². The second kappa shape index (κ2) is 9.34. The third-order valence-corrected chi connectivity index (χ3v) is 2.16. The molecule has 1 amide bonds. The number of hydrogen-bond acceptors (Lipinski definition) is 3. The highest BCUT2D eigenvalue weighted by Gasteiger charge is 2.06. The molecule has 0 unspecified atom stereocenters. The third kappa shape index (κ3) is 7.21. The quantitative estimate of drug-likeness (QED) is 0.496. The molecule has 0 saturated heterocycles. The lowest BCUT2D eigenvalue weighted by atomic mass is 10.4. The molecule has 0 rings (SSSR count). The summed E-state index contributed by atoms with van der Waals surface area (Å²) in [5, 5.41) is 0. The van der Waals surface area contributed by atoms with Crippen LogP contribution in [0.2, 0.25) is 0 Å². The second-order valence-corrected chi connectivity index (χ2v) is 3.64. The molecule has 0 aliphatic carbocycles. The SMILES string of the molecule is CCCCOCCN(CCS)C(C)=O. The Morgan fingerprint density at radius 2 is 2.07 bits per heavy atom. The van der Waals surface area contributed by atoms with E-state index in [9.17, 15) is 4.79 Å². The van der Waals surface area contributed by atoms with Crippen LogP contribution in [0.15, 0.2) is 0 Å². The Bertz CT molecular complexity index is 153. The van der Waals surface area contributed by atoms with Crippen molar-refractivity contribution in [2.75, 3.05) is 32.1 Å². The predicted molar refractivity (Wildman–Crippen MR) is 61.8 cm³/mol. The van der Waals surface area contributed by atoms with Gasteiger partial charge in [0.2, 0.25) is 5.91 Å². The topological polar surface area (TPSA) is 29.5 Å². The lowest BCUT2D eigenvalue weighted by Gasteiger charge is -2.19. The summed E-state index contributed by atoms with van der Waals surface area (Å²) in [6.45, 7) is 6.52. The van der Waals surface area contributed by atoms with Gasteiger partial charge in [0.05, 0.1) is 6.61 Å². The van der Waals surface area contributed by atoms with Crippen LogP contribution >= 0.6 is 12.6 Å². The molecule has 3 nitrogen and oxygen atoms in total.